The second-order valence-corrected chi connectivity index (χ2v) is 11.3. The number of nitrogens with two attached hydrogens (primary N) is 1. The number of likely N-dealkylation sites (tertiary alicyclic amines) is 2. The molecule has 11 heteroatoms. The van der Waals surface area contributed by atoms with Crippen molar-refractivity contribution >= 4 is 17.8 Å². The van der Waals surface area contributed by atoms with Gasteiger partial charge in [-0.25, -0.2) is 0 Å². The molecule has 1 aromatic rings. The molecule has 1 aromatic carbocycles. The van der Waals surface area contributed by atoms with Gasteiger partial charge < -0.3 is 34.9 Å². The van der Waals surface area contributed by atoms with Crippen molar-refractivity contribution in [3.8, 4) is 17.2 Å². The Kier molecular flexibility index (Phi) is 11.1. The van der Waals surface area contributed by atoms with Gasteiger partial charge in [0.15, 0.2) is 11.5 Å². The summed E-state index contributed by atoms with van der Waals surface area (Å²) < 4.78 is 16.7. The minimum atomic E-state index is -0.915. The Bertz CT molecular complexity index is 1070. The van der Waals surface area contributed by atoms with E-state index >= 15 is 0 Å². The lowest BCUT2D eigenvalue weighted by Crippen LogP contribution is -2.46. The van der Waals surface area contributed by atoms with Crippen LogP contribution in [-0.4, -0.2) is 103 Å². The van der Waals surface area contributed by atoms with E-state index in [-0.39, 0.29) is 25.2 Å². The molecule has 3 N–H and O–H groups in total. The molecular weight excluding hydrogens is 528 g/mol. The minimum absolute atomic E-state index is 0.00239. The van der Waals surface area contributed by atoms with Crippen LogP contribution < -0.4 is 19.9 Å². The van der Waals surface area contributed by atoms with Crippen molar-refractivity contribution < 1.29 is 33.7 Å². The van der Waals surface area contributed by atoms with Crippen LogP contribution in [0.5, 0.6) is 17.2 Å². The van der Waals surface area contributed by atoms with Crippen molar-refractivity contribution in [3.63, 3.8) is 0 Å². The van der Waals surface area contributed by atoms with Gasteiger partial charge in [0.25, 0.3) is 0 Å². The molecule has 0 aromatic heterocycles. The minimum Gasteiger partial charge on any atom is -0.493 e. The fraction of sp³-hybridized carbons (Fsp3) is 0.700. The summed E-state index contributed by atoms with van der Waals surface area (Å²) >= 11 is 0. The number of carboxylic acids is 1. The summed E-state index contributed by atoms with van der Waals surface area (Å²) in [6, 6.07) is 3.25. The lowest BCUT2D eigenvalue weighted by Gasteiger charge is -2.32. The Hall–Kier alpha value is -3.05. The van der Waals surface area contributed by atoms with E-state index in [4.69, 9.17) is 19.9 Å². The van der Waals surface area contributed by atoms with E-state index in [1.54, 1.807) is 7.11 Å². The SMILES string of the molecule is CCCCN(CCCCN)C(=O)CN1C[C@H](c2cc(OC)c3c(c2)OCO3)[C@@H](C(=O)O)[C@@H]1CCN1CCCCC1=O. The average Bonchev–Trinajstić information content (AvgIpc) is 3.58. The highest BCUT2D eigenvalue weighted by Crippen LogP contribution is 2.47. The molecule has 0 aliphatic carbocycles. The van der Waals surface area contributed by atoms with Crippen LogP contribution in [0.1, 0.15) is 69.8 Å². The first kappa shape index (κ1) is 30.9. The molecule has 3 aliphatic rings. The summed E-state index contributed by atoms with van der Waals surface area (Å²) in [5, 5.41) is 10.5. The molecule has 2 amide bonds. The van der Waals surface area contributed by atoms with Gasteiger partial charge in [0.2, 0.25) is 24.4 Å². The number of carbonyl (C=O) groups excluding carboxylic acids is 2. The van der Waals surface area contributed by atoms with Gasteiger partial charge in [0.05, 0.1) is 19.6 Å². The van der Waals surface area contributed by atoms with Gasteiger partial charge in [0.1, 0.15) is 0 Å². The van der Waals surface area contributed by atoms with E-state index in [0.29, 0.717) is 69.4 Å². The molecule has 0 unspecified atom stereocenters. The van der Waals surface area contributed by atoms with E-state index < -0.39 is 23.8 Å². The summed E-state index contributed by atoms with van der Waals surface area (Å²) in [6.45, 7) is 5.77. The molecule has 11 nitrogen and oxygen atoms in total. The number of benzene rings is 1. The smallest absolute Gasteiger partial charge is 0.308 e. The highest BCUT2D eigenvalue weighted by atomic mass is 16.7. The van der Waals surface area contributed by atoms with Crippen molar-refractivity contribution in [2.45, 2.75) is 70.3 Å². The largest absolute Gasteiger partial charge is 0.493 e. The predicted molar refractivity (Wildman–Crippen MR) is 153 cm³/mol. The zero-order valence-corrected chi connectivity index (χ0v) is 24.5. The van der Waals surface area contributed by atoms with E-state index in [9.17, 15) is 19.5 Å². The van der Waals surface area contributed by atoms with Crippen LogP contribution in [0.15, 0.2) is 12.1 Å². The zero-order chi connectivity index (χ0) is 29.4. The first-order chi connectivity index (χ1) is 19.9. The highest BCUT2D eigenvalue weighted by Gasteiger charge is 2.48. The number of nitrogens with zero attached hydrogens (tertiary/aromatic N) is 3. The van der Waals surface area contributed by atoms with Gasteiger partial charge in [-0.1, -0.05) is 13.3 Å². The fourth-order valence-corrected chi connectivity index (χ4v) is 6.37. The number of hydrogen-bond donors (Lipinski definition) is 2. The number of hydrogen-bond acceptors (Lipinski definition) is 8. The van der Waals surface area contributed by atoms with Gasteiger partial charge in [0, 0.05) is 51.1 Å². The normalized spacial score (nSPS) is 22.3. The average molecular weight is 575 g/mol. The molecule has 0 bridgehead atoms. The number of piperidine rings is 1. The van der Waals surface area contributed by atoms with E-state index in [0.717, 1.165) is 44.1 Å². The Morgan fingerprint density at radius 3 is 2.68 bits per heavy atom. The Morgan fingerprint density at radius 2 is 1.98 bits per heavy atom. The lowest BCUT2D eigenvalue weighted by molar-refractivity contribution is -0.144. The number of carboxylic acid groups (broad SMARTS) is 1. The summed E-state index contributed by atoms with van der Waals surface area (Å²) in [7, 11) is 1.55. The topological polar surface area (TPSA) is 135 Å². The van der Waals surface area contributed by atoms with Gasteiger partial charge in [-0.3, -0.25) is 19.3 Å². The third-order valence-corrected chi connectivity index (χ3v) is 8.61. The lowest BCUT2D eigenvalue weighted by atomic mass is 9.84. The van der Waals surface area contributed by atoms with E-state index in [2.05, 4.69) is 6.92 Å². The molecule has 4 rings (SSSR count). The van der Waals surface area contributed by atoms with Gasteiger partial charge in [-0.2, -0.15) is 0 Å². The molecule has 41 heavy (non-hydrogen) atoms. The number of unbranched alkanes of at least 4 members (excludes halogenated alkanes) is 2. The highest BCUT2D eigenvalue weighted by molar-refractivity contribution is 5.79. The quantitative estimate of drug-likeness (QED) is 0.303. The van der Waals surface area contributed by atoms with Crippen molar-refractivity contribution in [1.82, 2.24) is 14.7 Å². The van der Waals surface area contributed by atoms with Crippen molar-refractivity contribution in [2.75, 3.05) is 59.7 Å². The summed E-state index contributed by atoms with van der Waals surface area (Å²) in [6.07, 6.45) is 6.43. The van der Waals surface area contributed by atoms with Crippen LogP contribution in [0.25, 0.3) is 0 Å². The Balaban J connectivity index is 1.61. The fourth-order valence-electron chi connectivity index (χ4n) is 6.37. The molecule has 3 heterocycles. The van der Waals surface area contributed by atoms with Crippen LogP contribution in [0.4, 0.5) is 0 Å². The maximum absolute atomic E-state index is 13.7. The van der Waals surface area contributed by atoms with Crippen LogP contribution in [0, 0.1) is 5.92 Å². The molecule has 2 saturated heterocycles. The number of amides is 2. The predicted octanol–water partition coefficient (Wildman–Crippen LogP) is 2.66. The van der Waals surface area contributed by atoms with Crippen molar-refractivity contribution in [3.05, 3.63) is 17.7 Å². The number of aliphatic carboxylic acids is 1. The number of fused-ring (bicyclic) bond motifs is 1. The summed E-state index contributed by atoms with van der Waals surface area (Å²) in [4.78, 5) is 44.9. The number of ether oxygens (including phenoxy) is 3. The third kappa shape index (κ3) is 7.43. The monoisotopic (exact) mass is 574 g/mol. The van der Waals surface area contributed by atoms with Crippen LogP contribution in [0.3, 0.4) is 0 Å². The molecule has 0 spiro atoms. The van der Waals surface area contributed by atoms with Crippen LogP contribution in [-0.2, 0) is 14.4 Å². The molecule has 0 radical (unpaired) electrons. The second kappa shape index (κ2) is 14.7. The second-order valence-electron chi connectivity index (χ2n) is 11.3. The maximum atomic E-state index is 13.7. The maximum Gasteiger partial charge on any atom is 0.308 e. The Labute approximate surface area is 242 Å². The van der Waals surface area contributed by atoms with Gasteiger partial charge >= 0.3 is 5.97 Å². The third-order valence-electron chi connectivity index (χ3n) is 8.61. The standard InChI is InChI=1S/C30H46N4O7/c1-3-4-12-32(14-8-6-11-31)27(36)19-34-18-22(21-16-24(39-2)29-25(17-21)40-20-41-29)28(30(37)38)23(34)10-15-33-13-7-5-9-26(33)35/h16-17,22-23,28H,3-15,18-20,31H2,1-2H3,(H,37,38)/t22-,23+,28-/m1/s1. The first-order valence-electron chi connectivity index (χ1n) is 15.1. The van der Waals surface area contributed by atoms with E-state index in [1.807, 2.05) is 26.8 Å². The molecule has 228 valence electrons. The number of rotatable bonds is 15. The summed E-state index contributed by atoms with van der Waals surface area (Å²) in [5.41, 5.74) is 6.47. The number of carbonyl (C=O) groups is 3. The van der Waals surface area contributed by atoms with Crippen molar-refractivity contribution in [2.24, 2.45) is 11.7 Å². The number of methoxy groups -OCH3 is 1. The zero-order valence-electron chi connectivity index (χ0n) is 24.5. The van der Waals surface area contributed by atoms with Gasteiger partial charge in [-0.05, 0) is 62.8 Å². The molecular formula is C30H46N4O7. The van der Waals surface area contributed by atoms with Crippen LogP contribution in [0.2, 0.25) is 0 Å². The summed E-state index contributed by atoms with van der Waals surface area (Å²) in [5.74, 6) is -0.427. The van der Waals surface area contributed by atoms with E-state index in [1.165, 1.54) is 0 Å². The van der Waals surface area contributed by atoms with Crippen LogP contribution >= 0.6 is 0 Å². The molecule has 0 saturated carbocycles. The first-order valence-corrected chi connectivity index (χ1v) is 15.1. The molecule has 2 fully saturated rings. The molecule has 3 aliphatic heterocycles. The van der Waals surface area contributed by atoms with Gasteiger partial charge in [-0.15, -0.1) is 0 Å². The van der Waals surface area contributed by atoms with Crippen molar-refractivity contribution in [1.29, 1.82) is 0 Å². The molecule has 3 atom stereocenters. The Morgan fingerprint density at radius 1 is 1.17 bits per heavy atom.